The largest absolute Gasteiger partial charge is 0.444 e. The van der Waals surface area contributed by atoms with Crippen LogP contribution >= 0.6 is 0 Å². The molecule has 7 heteroatoms. The number of carbonyl (C=O) groups is 3. The zero-order valence-electron chi connectivity index (χ0n) is 24.0. The van der Waals surface area contributed by atoms with Crippen molar-refractivity contribution in [3.8, 4) is 0 Å². The van der Waals surface area contributed by atoms with Gasteiger partial charge in [0.15, 0.2) is 0 Å². The molecule has 0 heterocycles. The first-order valence-corrected chi connectivity index (χ1v) is 13.6. The van der Waals surface area contributed by atoms with Crippen molar-refractivity contribution in [2.75, 3.05) is 18.4 Å². The summed E-state index contributed by atoms with van der Waals surface area (Å²) in [4.78, 5) is 41.4. The number of amides is 3. The third-order valence-electron chi connectivity index (χ3n) is 6.53. The van der Waals surface area contributed by atoms with Crippen LogP contribution in [0.25, 0.3) is 10.8 Å². The zero-order valence-corrected chi connectivity index (χ0v) is 24.0. The average molecular weight is 532 g/mol. The van der Waals surface area contributed by atoms with Crippen molar-refractivity contribution in [2.45, 2.75) is 72.4 Å². The maximum absolute atomic E-state index is 13.9. The molecule has 0 fully saturated rings. The summed E-state index contributed by atoms with van der Waals surface area (Å²) >= 11 is 0. The van der Waals surface area contributed by atoms with E-state index in [4.69, 9.17) is 4.74 Å². The summed E-state index contributed by atoms with van der Waals surface area (Å²) in [5, 5.41) is 7.69. The fourth-order valence-corrected chi connectivity index (χ4v) is 4.38. The molecule has 0 aliphatic rings. The molecule has 3 rings (SSSR count). The van der Waals surface area contributed by atoms with E-state index in [0.717, 1.165) is 46.7 Å². The molecule has 7 nitrogen and oxygen atoms in total. The molecule has 0 aliphatic heterocycles. The van der Waals surface area contributed by atoms with E-state index >= 15 is 0 Å². The average Bonchev–Trinajstić information content (AvgIpc) is 2.87. The van der Waals surface area contributed by atoms with E-state index in [1.54, 1.807) is 25.7 Å². The molecule has 3 aromatic carbocycles. The van der Waals surface area contributed by atoms with E-state index in [1.165, 1.54) is 0 Å². The molecule has 3 aromatic rings. The molecule has 0 saturated carbocycles. The number of carbonyl (C=O) groups excluding carboxylic acids is 3. The quantitative estimate of drug-likeness (QED) is 0.286. The SMILES string of the molecule is CCCCCN(C(=O)CNC(=O)OC(C)(C)C)C(C(=O)Nc1ccc2ccccc2c1)c1ccc(C)c(C)c1. The van der Waals surface area contributed by atoms with Gasteiger partial charge in [-0.1, -0.05) is 68.3 Å². The van der Waals surface area contributed by atoms with E-state index in [2.05, 4.69) is 17.6 Å². The molecule has 0 bridgehead atoms. The number of unbranched alkanes of at least 4 members (excludes halogenated alkanes) is 2. The van der Waals surface area contributed by atoms with Crippen LogP contribution in [0.3, 0.4) is 0 Å². The first-order valence-electron chi connectivity index (χ1n) is 13.6. The van der Waals surface area contributed by atoms with Gasteiger partial charge in [-0.25, -0.2) is 4.79 Å². The number of alkyl carbamates (subject to hydrolysis) is 1. The minimum atomic E-state index is -0.874. The minimum absolute atomic E-state index is 0.272. The highest BCUT2D eigenvalue weighted by Crippen LogP contribution is 2.27. The lowest BCUT2D eigenvalue weighted by atomic mass is 9.98. The third kappa shape index (κ3) is 8.57. The Balaban J connectivity index is 1.94. The number of aryl methyl sites for hydroxylation is 2. The molecule has 0 saturated heterocycles. The second-order valence-electron chi connectivity index (χ2n) is 10.9. The number of nitrogens with one attached hydrogen (secondary N) is 2. The molecular weight excluding hydrogens is 490 g/mol. The van der Waals surface area contributed by atoms with Crippen LogP contribution in [0.4, 0.5) is 10.5 Å². The predicted octanol–water partition coefficient (Wildman–Crippen LogP) is 6.68. The van der Waals surface area contributed by atoms with E-state index < -0.39 is 17.7 Å². The Kier molecular flexibility index (Phi) is 10.1. The Bertz CT molecular complexity index is 1310. The van der Waals surface area contributed by atoms with Gasteiger partial charge in [0.1, 0.15) is 18.2 Å². The summed E-state index contributed by atoms with van der Waals surface area (Å²) in [5.41, 5.74) is 2.82. The first kappa shape index (κ1) is 29.7. The molecule has 1 unspecified atom stereocenters. The Morgan fingerprint density at radius 2 is 1.62 bits per heavy atom. The van der Waals surface area contributed by atoms with Crippen molar-refractivity contribution in [1.82, 2.24) is 10.2 Å². The Hall–Kier alpha value is -3.87. The highest BCUT2D eigenvalue weighted by atomic mass is 16.6. The second kappa shape index (κ2) is 13.3. The van der Waals surface area contributed by atoms with Crippen molar-refractivity contribution in [1.29, 1.82) is 0 Å². The Morgan fingerprint density at radius 1 is 0.897 bits per heavy atom. The van der Waals surface area contributed by atoms with Crippen molar-refractivity contribution in [3.63, 3.8) is 0 Å². The molecular formula is C32H41N3O4. The Labute approximate surface area is 231 Å². The fourth-order valence-electron chi connectivity index (χ4n) is 4.38. The number of rotatable bonds is 10. The highest BCUT2D eigenvalue weighted by Gasteiger charge is 2.32. The van der Waals surface area contributed by atoms with Gasteiger partial charge < -0.3 is 20.3 Å². The number of hydrogen-bond donors (Lipinski definition) is 2. The molecule has 0 radical (unpaired) electrons. The van der Waals surface area contributed by atoms with Crippen molar-refractivity contribution >= 4 is 34.4 Å². The molecule has 0 spiro atoms. The summed E-state index contributed by atoms with van der Waals surface area (Å²) in [6.45, 7) is 11.5. The van der Waals surface area contributed by atoms with Crippen molar-refractivity contribution in [2.24, 2.45) is 0 Å². The van der Waals surface area contributed by atoms with Crippen LogP contribution in [0.15, 0.2) is 60.7 Å². The maximum Gasteiger partial charge on any atom is 0.408 e. The first-order chi connectivity index (χ1) is 18.5. The molecule has 0 aromatic heterocycles. The van der Waals surface area contributed by atoms with Gasteiger partial charge in [0.2, 0.25) is 5.91 Å². The van der Waals surface area contributed by atoms with Gasteiger partial charge in [0.25, 0.3) is 5.91 Å². The van der Waals surface area contributed by atoms with Crippen LogP contribution in [0.5, 0.6) is 0 Å². The van der Waals surface area contributed by atoms with Crippen molar-refractivity contribution in [3.05, 3.63) is 77.4 Å². The second-order valence-corrected chi connectivity index (χ2v) is 10.9. The zero-order chi connectivity index (χ0) is 28.6. The summed E-state index contributed by atoms with van der Waals surface area (Å²) in [7, 11) is 0. The standard InChI is InChI=1S/C32H41N3O4/c1-7-8-11-18-35(28(36)21-33-31(38)39-32(4,5)6)29(26-15-14-22(2)23(3)19-26)30(37)34-27-17-16-24-12-9-10-13-25(24)20-27/h9-10,12-17,19-20,29H,7-8,11,18,21H2,1-6H3,(H,33,38)(H,34,37). The fraction of sp³-hybridized carbons (Fsp3) is 0.406. The van der Waals surface area contributed by atoms with Gasteiger partial charge >= 0.3 is 6.09 Å². The summed E-state index contributed by atoms with van der Waals surface area (Å²) in [6, 6.07) is 18.6. The summed E-state index contributed by atoms with van der Waals surface area (Å²) in [6.07, 6.45) is 1.94. The molecule has 2 N–H and O–H groups in total. The normalized spacial score (nSPS) is 12.1. The van der Waals surface area contributed by atoms with Crippen molar-refractivity contribution < 1.29 is 19.1 Å². The van der Waals surface area contributed by atoms with Gasteiger partial charge in [0, 0.05) is 12.2 Å². The van der Waals surface area contributed by atoms with Crippen LogP contribution < -0.4 is 10.6 Å². The van der Waals surface area contributed by atoms with E-state index in [1.807, 2.05) is 74.5 Å². The lowest BCUT2D eigenvalue weighted by Crippen LogP contribution is -2.47. The third-order valence-corrected chi connectivity index (χ3v) is 6.53. The number of nitrogens with zero attached hydrogens (tertiary/aromatic N) is 1. The van der Waals surface area contributed by atoms with Gasteiger partial charge in [-0.05, 0) is 80.6 Å². The van der Waals surface area contributed by atoms with Gasteiger partial charge in [-0.2, -0.15) is 0 Å². The predicted molar refractivity (Wildman–Crippen MR) is 157 cm³/mol. The van der Waals surface area contributed by atoms with Crippen LogP contribution in [0.1, 0.15) is 69.7 Å². The number of benzene rings is 3. The topological polar surface area (TPSA) is 87.7 Å². The number of hydrogen-bond acceptors (Lipinski definition) is 4. The number of fused-ring (bicyclic) bond motifs is 1. The molecule has 1 atom stereocenters. The van der Waals surface area contributed by atoms with Crippen LogP contribution in [0, 0.1) is 13.8 Å². The number of anilines is 1. The molecule has 39 heavy (non-hydrogen) atoms. The van der Waals surface area contributed by atoms with Gasteiger partial charge in [-0.15, -0.1) is 0 Å². The van der Waals surface area contributed by atoms with E-state index in [0.29, 0.717) is 12.2 Å². The lowest BCUT2D eigenvalue weighted by Gasteiger charge is -2.32. The number of ether oxygens (including phenoxy) is 1. The Morgan fingerprint density at radius 3 is 2.28 bits per heavy atom. The van der Waals surface area contributed by atoms with Crippen LogP contribution in [0.2, 0.25) is 0 Å². The lowest BCUT2D eigenvalue weighted by molar-refractivity contribution is -0.138. The molecule has 0 aliphatic carbocycles. The molecule has 3 amide bonds. The smallest absolute Gasteiger partial charge is 0.408 e. The minimum Gasteiger partial charge on any atom is -0.444 e. The van der Waals surface area contributed by atoms with Crippen LogP contribution in [-0.4, -0.2) is 41.5 Å². The van der Waals surface area contributed by atoms with Crippen LogP contribution in [-0.2, 0) is 14.3 Å². The van der Waals surface area contributed by atoms with E-state index in [9.17, 15) is 14.4 Å². The maximum atomic E-state index is 13.9. The summed E-state index contributed by atoms with van der Waals surface area (Å²) < 4.78 is 5.30. The van der Waals surface area contributed by atoms with Gasteiger partial charge in [0.05, 0.1) is 0 Å². The summed E-state index contributed by atoms with van der Waals surface area (Å²) in [5.74, 6) is -0.662. The molecule has 208 valence electrons. The monoisotopic (exact) mass is 531 g/mol. The highest BCUT2D eigenvalue weighted by molar-refractivity contribution is 6.00. The van der Waals surface area contributed by atoms with Gasteiger partial charge in [-0.3, -0.25) is 9.59 Å². The van der Waals surface area contributed by atoms with E-state index in [-0.39, 0.29) is 18.4 Å².